The predicted octanol–water partition coefficient (Wildman–Crippen LogP) is 1.49. The van der Waals surface area contributed by atoms with Gasteiger partial charge in [-0.2, -0.15) is 11.8 Å². The Balaban J connectivity index is 1.86. The Morgan fingerprint density at radius 2 is 2.00 bits per heavy atom. The van der Waals surface area contributed by atoms with Crippen LogP contribution in [-0.2, 0) is 14.4 Å². The number of likely N-dealkylation sites (tertiary alicyclic amines) is 1. The molecule has 0 aromatic heterocycles. The first-order valence-corrected chi connectivity index (χ1v) is 9.50. The van der Waals surface area contributed by atoms with Gasteiger partial charge in [-0.3, -0.25) is 14.4 Å². The number of rotatable bonds is 4. The van der Waals surface area contributed by atoms with Gasteiger partial charge in [-0.05, 0) is 37.9 Å². The highest BCUT2D eigenvalue weighted by atomic mass is 32.2. The Morgan fingerprint density at radius 1 is 1.22 bits per heavy atom. The Hall–Kier alpha value is -1.24. The van der Waals surface area contributed by atoms with Crippen molar-refractivity contribution < 1.29 is 19.5 Å². The molecular weight excluding hydrogens is 316 g/mol. The topological polar surface area (TPSA) is 86.7 Å². The van der Waals surface area contributed by atoms with E-state index >= 15 is 0 Å². The van der Waals surface area contributed by atoms with Crippen molar-refractivity contribution in [2.45, 2.75) is 56.7 Å². The van der Waals surface area contributed by atoms with Gasteiger partial charge < -0.3 is 15.3 Å². The minimum Gasteiger partial charge on any atom is -0.481 e. The normalized spacial score (nSPS) is 28.2. The average Bonchev–Trinajstić information content (AvgIpc) is 2.85. The van der Waals surface area contributed by atoms with E-state index in [1.807, 2.05) is 11.8 Å². The van der Waals surface area contributed by atoms with Crippen LogP contribution < -0.4 is 5.32 Å². The molecule has 0 bridgehead atoms. The fourth-order valence-electron chi connectivity index (χ4n) is 3.39. The van der Waals surface area contributed by atoms with Crippen LogP contribution in [0.4, 0.5) is 0 Å². The van der Waals surface area contributed by atoms with Crippen molar-refractivity contribution >= 4 is 29.5 Å². The van der Waals surface area contributed by atoms with Gasteiger partial charge >= 0.3 is 17.8 Å². The van der Waals surface area contributed by atoms with Crippen molar-refractivity contribution in [1.82, 2.24) is 10.2 Å². The third-order valence-corrected chi connectivity index (χ3v) is 5.82. The fraction of sp³-hybridized carbons (Fsp3) is 0.812. The monoisotopic (exact) mass is 342 g/mol. The van der Waals surface area contributed by atoms with Crippen molar-refractivity contribution in [3.63, 3.8) is 0 Å². The number of nitrogens with zero attached hydrogens (tertiary/aromatic N) is 1. The van der Waals surface area contributed by atoms with Gasteiger partial charge in [0.2, 0.25) is 0 Å². The number of nitrogens with one attached hydrogen (secondary N) is 1. The van der Waals surface area contributed by atoms with Gasteiger partial charge in [0.15, 0.2) is 0 Å². The van der Waals surface area contributed by atoms with E-state index in [4.69, 9.17) is 5.11 Å². The molecule has 2 N–H and O–H groups in total. The first-order chi connectivity index (χ1) is 11.0. The summed E-state index contributed by atoms with van der Waals surface area (Å²) in [5.74, 6) is -1.26. The van der Waals surface area contributed by atoms with E-state index in [1.165, 1.54) is 0 Å². The van der Waals surface area contributed by atoms with E-state index < -0.39 is 23.7 Å². The first kappa shape index (κ1) is 18.1. The lowest BCUT2D eigenvalue weighted by molar-refractivity contribution is -0.146. The molecule has 3 atom stereocenters. The number of thioether (sulfide) groups is 1. The van der Waals surface area contributed by atoms with Crippen molar-refractivity contribution in [2.24, 2.45) is 5.92 Å². The van der Waals surface area contributed by atoms with Crippen LogP contribution in [0.5, 0.6) is 0 Å². The van der Waals surface area contributed by atoms with E-state index in [9.17, 15) is 14.4 Å². The summed E-state index contributed by atoms with van der Waals surface area (Å²) < 4.78 is 0. The molecule has 1 aliphatic carbocycles. The van der Waals surface area contributed by atoms with Crippen molar-refractivity contribution in [1.29, 1.82) is 0 Å². The number of hydrogen-bond donors (Lipinski definition) is 2. The largest absolute Gasteiger partial charge is 0.481 e. The summed E-state index contributed by atoms with van der Waals surface area (Å²) in [6.07, 6.45) is 4.73. The van der Waals surface area contributed by atoms with E-state index in [2.05, 4.69) is 12.2 Å². The summed E-state index contributed by atoms with van der Waals surface area (Å²) >= 11 is 1.84. The maximum absolute atomic E-state index is 12.4. The number of carboxylic acids is 1. The smallest absolute Gasteiger partial charge is 0.311 e. The number of hydrogen-bond acceptors (Lipinski definition) is 4. The predicted molar refractivity (Wildman–Crippen MR) is 89.3 cm³/mol. The second-order valence-corrected chi connectivity index (χ2v) is 7.92. The van der Waals surface area contributed by atoms with E-state index in [0.29, 0.717) is 37.6 Å². The van der Waals surface area contributed by atoms with E-state index in [-0.39, 0.29) is 6.04 Å². The summed E-state index contributed by atoms with van der Waals surface area (Å²) in [6.45, 7) is 3.37. The second kappa shape index (κ2) is 8.57. The molecule has 2 amide bonds. The van der Waals surface area contributed by atoms with Gasteiger partial charge in [0.05, 0.1) is 5.92 Å². The zero-order valence-corrected chi connectivity index (χ0v) is 14.4. The van der Waals surface area contributed by atoms with Gasteiger partial charge in [0.1, 0.15) is 0 Å². The number of carboxylic acid groups (broad SMARTS) is 1. The van der Waals surface area contributed by atoms with E-state index in [1.54, 1.807) is 4.90 Å². The van der Waals surface area contributed by atoms with Crippen molar-refractivity contribution in [2.75, 3.05) is 18.8 Å². The highest BCUT2D eigenvalue weighted by Gasteiger charge is 2.33. The van der Waals surface area contributed by atoms with Gasteiger partial charge in [-0.1, -0.05) is 13.3 Å². The van der Waals surface area contributed by atoms with Gasteiger partial charge in [-0.15, -0.1) is 0 Å². The highest BCUT2D eigenvalue weighted by molar-refractivity contribution is 7.99. The summed E-state index contributed by atoms with van der Waals surface area (Å²) in [6, 6.07) is -0.194. The molecule has 130 valence electrons. The van der Waals surface area contributed by atoms with Gasteiger partial charge in [0, 0.05) is 24.4 Å². The second-order valence-electron chi connectivity index (χ2n) is 6.34. The molecule has 1 aliphatic heterocycles. The molecule has 23 heavy (non-hydrogen) atoms. The molecule has 2 fully saturated rings. The van der Waals surface area contributed by atoms with Crippen LogP contribution in [0.2, 0.25) is 0 Å². The zero-order valence-electron chi connectivity index (χ0n) is 13.6. The summed E-state index contributed by atoms with van der Waals surface area (Å²) in [5, 5.41) is 12.1. The standard InChI is InChI=1S/C16H26N2O4S/c1-2-23-13-5-3-4-8-18(10-13)15(20)14(19)17-12-7-6-11(9-12)16(21)22/h11-13H,2-10H2,1H3,(H,17,19)(H,21,22)/t11-,12+,13?/m0/s1. The first-order valence-electron chi connectivity index (χ1n) is 8.45. The molecule has 1 heterocycles. The summed E-state index contributed by atoms with van der Waals surface area (Å²) in [7, 11) is 0. The van der Waals surface area contributed by atoms with Crippen LogP contribution in [0.3, 0.4) is 0 Å². The molecule has 0 aromatic carbocycles. The molecule has 0 aromatic rings. The Labute approximate surface area is 141 Å². The molecule has 1 unspecified atom stereocenters. The molecule has 6 nitrogen and oxygen atoms in total. The van der Waals surface area contributed by atoms with E-state index in [0.717, 1.165) is 25.0 Å². The molecular formula is C16H26N2O4S. The van der Waals surface area contributed by atoms with Gasteiger partial charge in [-0.25, -0.2) is 0 Å². The maximum Gasteiger partial charge on any atom is 0.311 e. The third kappa shape index (κ3) is 5.12. The lowest BCUT2D eigenvalue weighted by Gasteiger charge is -2.24. The zero-order chi connectivity index (χ0) is 16.8. The lowest BCUT2D eigenvalue weighted by atomic mass is 10.1. The molecule has 0 radical (unpaired) electrons. The Kier molecular flexibility index (Phi) is 6.74. The van der Waals surface area contributed by atoms with Crippen LogP contribution in [0.1, 0.15) is 45.4 Å². The summed E-state index contributed by atoms with van der Waals surface area (Å²) in [5.41, 5.74) is 0. The SMILES string of the molecule is CCSC1CCCCN(C(=O)C(=O)N[C@@H]2CC[C@H](C(=O)O)C2)C1. The van der Waals surface area contributed by atoms with Crippen molar-refractivity contribution in [3.05, 3.63) is 0 Å². The minimum atomic E-state index is -0.819. The van der Waals surface area contributed by atoms with Crippen molar-refractivity contribution in [3.8, 4) is 0 Å². The summed E-state index contributed by atoms with van der Waals surface area (Å²) in [4.78, 5) is 37.2. The molecule has 7 heteroatoms. The molecule has 2 aliphatic rings. The molecule has 1 saturated heterocycles. The molecule has 1 saturated carbocycles. The quantitative estimate of drug-likeness (QED) is 0.756. The molecule has 0 spiro atoms. The average molecular weight is 342 g/mol. The van der Waals surface area contributed by atoms with Crippen LogP contribution in [-0.4, -0.2) is 57.9 Å². The number of aliphatic carboxylic acids is 1. The van der Waals surface area contributed by atoms with Gasteiger partial charge in [0.25, 0.3) is 0 Å². The van der Waals surface area contributed by atoms with Crippen LogP contribution >= 0.6 is 11.8 Å². The van der Waals surface area contributed by atoms with Crippen LogP contribution in [0.25, 0.3) is 0 Å². The third-order valence-electron chi connectivity index (χ3n) is 4.63. The number of amides is 2. The molecule has 2 rings (SSSR count). The number of carbonyl (C=O) groups is 3. The fourth-order valence-corrected chi connectivity index (χ4v) is 4.48. The van der Waals surface area contributed by atoms with Crippen LogP contribution in [0, 0.1) is 5.92 Å². The lowest BCUT2D eigenvalue weighted by Crippen LogP contribution is -2.47. The maximum atomic E-state index is 12.4. The number of carbonyl (C=O) groups excluding carboxylic acids is 2. The Bertz CT molecular complexity index is 457. The van der Waals surface area contributed by atoms with Crippen LogP contribution in [0.15, 0.2) is 0 Å². The highest BCUT2D eigenvalue weighted by Crippen LogP contribution is 2.26. The Morgan fingerprint density at radius 3 is 2.65 bits per heavy atom. The minimum absolute atomic E-state index is 0.194.